The Morgan fingerprint density at radius 1 is 1.16 bits per heavy atom. The minimum Gasteiger partial charge on any atom is -0.459 e. The van der Waals surface area contributed by atoms with E-state index in [0.29, 0.717) is 40.4 Å². The lowest BCUT2D eigenvalue weighted by Crippen LogP contribution is -2.18. The number of anilines is 1. The molecule has 8 heteroatoms. The minimum atomic E-state index is -0.527. The molecule has 31 heavy (non-hydrogen) atoms. The first kappa shape index (κ1) is 19.8. The molecule has 0 radical (unpaired) electrons. The molecule has 5 rings (SSSR count). The third-order valence-electron chi connectivity index (χ3n) is 5.51. The van der Waals surface area contributed by atoms with Gasteiger partial charge in [0.15, 0.2) is 5.65 Å². The van der Waals surface area contributed by atoms with Crippen LogP contribution in [0.1, 0.15) is 28.8 Å². The third kappa shape index (κ3) is 3.71. The van der Waals surface area contributed by atoms with Crippen LogP contribution >= 0.6 is 11.6 Å². The standard InChI is InChI=1S/C23H21ClN4O3/c24-16-8-2-1-6-14(16)12-28-21(25)19(23(29)31-13-15-7-5-11-30-15)20-22(28)27-18-10-4-3-9-17(18)26-20/h1-4,6,8-10,15H,5,7,11-13,25H2. The van der Waals surface area contributed by atoms with E-state index in [1.165, 1.54) is 0 Å². The first-order valence-corrected chi connectivity index (χ1v) is 10.6. The Balaban J connectivity index is 1.61. The zero-order chi connectivity index (χ0) is 21.4. The SMILES string of the molecule is Nc1c(C(=O)OCC2CCCO2)c2nc3ccccc3nc2n1Cc1ccccc1Cl. The van der Waals surface area contributed by atoms with Gasteiger partial charge in [-0.05, 0) is 36.6 Å². The lowest BCUT2D eigenvalue weighted by molar-refractivity contribution is 0.0163. The molecule has 4 aromatic rings. The highest BCUT2D eigenvalue weighted by atomic mass is 35.5. The number of nitrogens with two attached hydrogens (primary N) is 1. The van der Waals surface area contributed by atoms with Gasteiger partial charge in [-0.15, -0.1) is 0 Å². The summed E-state index contributed by atoms with van der Waals surface area (Å²) in [6.45, 7) is 1.24. The van der Waals surface area contributed by atoms with E-state index in [4.69, 9.17) is 36.8 Å². The van der Waals surface area contributed by atoms with Gasteiger partial charge in [-0.3, -0.25) is 0 Å². The molecular formula is C23H21ClN4O3. The van der Waals surface area contributed by atoms with Crippen LogP contribution in [0, 0.1) is 0 Å². The zero-order valence-electron chi connectivity index (χ0n) is 16.8. The predicted molar refractivity (Wildman–Crippen MR) is 119 cm³/mol. The number of fused-ring (bicyclic) bond motifs is 2. The normalized spacial score (nSPS) is 16.2. The largest absolute Gasteiger partial charge is 0.459 e. The molecular weight excluding hydrogens is 416 g/mol. The average Bonchev–Trinajstić information content (AvgIpc) is 3.39. The van der Waals surface area contributed by atoms with Gasteiger partial charge in [0.05, 0.1) is 23.7 Å². The Hall–Kier alpha value is -3.16. The predicted octanol–water partition coefficient (Wildman–Crippen LogP) is 4.20. The molecule has 1 aliphatic heterocycles. The second-order valence-electron chi connectivity index (χ2n) is 7.56. The number of rotatable bonds is 5. The van der Waals surface area contributed by atoms with Crippen molar-refractivity contribution in [3.8, 4) is 0 Å². The highest BCUT2D eigenvalue weighted by molar-refractivity contribution is 6.31. The fourth-order valence-electron chi connectivity index (χ4n) is 3.89. The van der Waals surface area contributed by atoms with E-state index in [9.17, 15) is 4.79 Å². The summed E-state index contributed by atoms with van der Waals surface area (Å²) in [5.41, 5.74) is 9.88. The number of carbonyl (C=O) groups excluding carboxylic acids is 1. The summed E-state index contributed by atoms with van der Waals surface area (Å²) in [4.78, 5) is 22.5. The molecule has 2 aromatic heterocycles. The van der Waals surface area contributed by atoms with Crippen molar-refractivity contribution >= 4 is 45.6 Å². The van der Waals surface area contributed by atoms with Crippen molar-refractivity contribution in [1.29, 1.82) is 0 Å². The van der Waals surface area contributed by atoms with E-state index < -0.39 is 5.97 Å². The van der Waals surface area contributed by atoms with E-state index in [1.807, 2.05) is 48.5 Å². The van der Waals surface area contributed by atoms with E-state index in [2.05, 4.69) is 0 Å². The maximum absolute atomic E-state index is 13.0. The molecule has 1 unspecified atom stereocenters. The molecule has 0 saturated carbocycles. The van der Waals surface area contributed by atoms with Gasteiger partial charge in [-0.2, -0.15) is 0 Å². The van der Waals surface area contributed by atoms with E-state index in [0.717, 1.165) is 18.4 Å². The van der Waals surface area contributed by atoms with Crippen molar-refractivity contribution in [3.05, 3.63) is 64.7 Å². The number of hydrogen-bond acceptors (Lipinski definition) is 6. The topological polar surface area (TPSA) is 92.3 Å². The fraction of sp³-hybridized carbons (Fsp3) is 0.261. The van der Waals surface area contributed by atoms with Crippen LogP contribution in [0.4, 0.5) is 5.82 Å². The van der Waals surface area contributed by atoms with E-state index in [1.54, 1.807) is 4.57 Å². The molecule has 7 nitrogen and oxygen atoms in total. The van der Waals surface area contributed by atoms with Gasteiger partial charge < -0.3 is 19.8 Å². The summed E-state index contributed by atoms with van der Waals surface area (Å²) in [5.74, 6) is -0.275. The lowest BCUT2D eigenvalue weighted by atomic mass is 10.2. The van der Waals surface area contributed by atoms with Crippen LogP contribution < -0.4 is 5.73 Å². The summed E-state index contributed by atoms with van der Waals surface area (Å²) in [5, 5.41) is 0.611. The van der Waals surface area contributed by atoms with Gasteiger partial charge in [-0.1, -0.05) is 41.9 Å². The molecule has 1 fully saturated rings. The zero-order valence-corrected chi connectivity index (χ0v) is 17.5. The first-order valence-electron chi connectivity index (χ1n) is 10.2. The number of halogens is 1. The Labute approximate surface area is 183 Å². The van der Waals surface area contributed by atoms with Gasteiger partial charge in [0, 0.05) is 11.6 Å². The smallest absolute Gasteiger partial charge is 0.344 e. The highest BCUT2D eigenvalue weighted by Gasteiger charge is 2.27. The van der Waals surface area contributed by atoms with Crippen LogP contribution in [0.5, 0.6) is 0 Å². The van der Waals surface area contributed by atoms with Crippen LogP contribution in [-0.2, 0) is 16.0 Å². The van der Waals surface area contributed by atoms with Crippen LogP contribution in [0.15, 0.2) is 48.5 Å². The van der Waals surface area contributed by atoms with Crippen molar-refractivity contribution in [2.75, 3.05) is 18.9 Å². The molecule has 158 valence electrons. The van der Waals surface area contributed by atoms with Crippen LogP contribution in [0.2, 0.25) is 5.02 Å². The maximum Gasteiger partial charge on any atom is 0.344 e. The van der Waals surface area contributed by atoms with Crippen LogP contribution in [0.3, 0.4) is 0 Å². The molecule has 0 amide bonds. The number of aromatic nitrogens is 3. The van der Waals surface area contributed by atoms with Crippen molar-refractivity contribution in [2.24, 2.45) is 0 Å². The third-order valence-corrected chi connectivity index (χ3v) is 5.88. The summed E-state index contributed by atoms with van der Waals surface area (Å²) in [6, 6.07) is 15.0. The number of ether oxygens (including phenoxy) is 2. The number of nitrogens with zero attached hydrogens (tertiary/aromatic N) is 3. The van der Waals surface area contributed by atoms with Gasteiger partial charge >= 0.3 is 5.97 Å². The Kier molecular flexibility index (Phi) is 5.21. The molecule has 2 aromatic carbocycles. The number of benzene rings is 2. The fourth-order valence-corrected chi connectivity index (χ4v) is 4.09. The second-order valence-corrected chi connectivity index (χ2v) is 7.96. The minimum absolute atomic E-state index is 0.0754. The molecule has 2 N–H and O–H groups in total. The number of esters is 1. The van der Waals surface area contributed by atoms with Gasteiger partial charge in [0.25, 0.3) is 0 Å². The Morgan fingerprint density at radius 2 is 1.90 bits per heavy atom. The van der Waals surface area contributed by atoms with Gasteiger partial charge in [0.1, 0.15) is 23.5 Å². The summed E-state index contributed by atoms with van der Waals surface area (Å²) < 4.78 is 12.9. The molecule has 0 aliphatic carbocycles. The molecule has 1 atom stereocenters. The van der Waals surface area contributed by atoms with Crippen molar-refractivity contribution in [3.63, 3.8) is 0 Å². The Morgan fingerprint density at radius 3 is 2.65 bits per heavy atom. The Bertz CT molecular complexity index is 1280. The molecule has 3 heterocycles. The summed E-state index contributed by atoms with van der Waals surface area (Å²) in [7, 11) is 0. The van der Waals surface area contributed by atoms with E-state index in [-0.39, 0.29) is 24.1 Å². The number of hydrogen-bond donors (Lipinski definition) is 1. The van der Waals surface area contributed by atoms with Crippen molar-refractivity contribution < 1.29 is 14.3 Å². The number of carbonyl (C=O) groups is 1. The number of nitrogen functional groups attached to an aromatic ring is 1. The maximum atomic E-state index is 13.0. The summed E-state index contributed by atoms with van der Waals surface area (Å²) >= 11 is 6.37. The van der Waals surface area contributed by atoms with Crippen LogP contribution in [0.25, 0.3) is 22.2 Å². The quantitative estimate of drug-likeness (QED) is 0.471. The van der Waals surface area contributed by atoms with Crippen molar-refractivity contribution in [1.82, 2.24) is 14.5 Å². The number of para-hydroxylation sites is 2. The average molecular weight is 437 g/mol. The lowest BCUT2D eigenvalue weighted by Gasteiger charge is -2.11. The van der Waals surface area contributed by atoms with Gasteiger partial charge in [-0.25, -0.2) is 14.8 Å². The monoisotopic (exact) mass is 436 g/mol. The van der Waals surface area contributed by atoms with Crippen LogP contribution in [-0.4, -0.2) is 39.8 Å². The van der Waals surface area contributed by atoms with E-state index >= 15 is 0 Å². The molecule has 0 bridgehead atoms. The molecule has 0 spiro atoms. The second kappa shape index (κ2) is 8.17. The highest BCUT2D eigenvalue weighted by Crippen LogP contribution is 2.30. The molecule has 1 aliphatic rings. The summed E-state index contributed by atoms with van der Waals surface area (Å²) in [6.07, 6.45) is 1.77. The first-order chi connectivity index (χ1) is 15.1. The van der Waals surface area contributed by atoms with Gasteiger partial charge in [0.2, 0.25) is 0 Å². The molecule has 1 saturated heterocycles. The van der Waals surface area contributed by atoms with Crippen molar-refractivity contribution in [2.45, 2.75) is 25.5 Å².